The molecule has 186 valence electrons. The van der Waals surface area contributed by atoms with E-state index in [2.05, 4.69) is 13.8 Å². The van der Waals surface area contributed by atoms with Crippen LogP contribution >= 0.6 is 0 Å². The Labute approximate surface area is 205 Å². The average molecular weight is 480 g/mol. The van der Waals surface area contributed by atoms with Gasteiger partial charge in [0.25, 0.3) is 5.91 Å². The molecule has 4 rings (SSSR count). The number of amides is 1. The molecule has 0 N–H and O–H groups in total. The van der Waals surface area contributed by atoms with Crippen LogP contribution in [0.25, 0.3) is 11.0 Å². The van der Waals surface area contributed by atoms with Crippen LogP contribution in [0, 0.1) is 19.8 Å². The van der Waals surface area contributed by atoms with Gasteiger partial charge in [-0.05, 0) is 61.1 Å². The van der Waals surface area contributed by atoms with E-state index in [-0.39, 0.29) is 17.1 Å². The van der Waals surface area contributed by atoms with Gasteiger partial charge in [0.1, 0.15) is 5.58 Å². The van der Waals surface area contributed by atoms with Crippen LogP contribution in [-0.2, 0) is 4.74 Å². The zero-order chi connectivity index (χ0) is 25.3. The number of fused-ring (bicyclic) bond motifs is 2. The van der Waals surface area contributed by atoms with Gasteiger partial charge in [0, 0.05) is 13.7 Å². The van der Waals surface area contributed by atoms with Gasteiger partial charge in [-0.3, -0.25) is 9.59 Å². The molecule has 7 heteroatoms. The summed E-state index contributed by atoms with van der Waals surface area (Å²) in [6, 6.07) is 8.70. The third-order valence-electron chi connectivity index (χ3n) is 6.39. The number of nitrogens with zero attached hydrogens (tertiary/aromatic N) is 1. The third kappa shape index (κ3) is 4.65. The van der Waals surface area contributed by atoms with E-state index in [0.29, 0.717) is 53.7 Å². The van der Waals surface area contributed by atoms with Crippen LogP contribution in [0.3, 0.4) is 0 Å². The van der Waals surface area contributed by atoms with Crippen molar-refractivity contribution in [1.29, 1.82) is 0 Å². The maximum Gasteiger partial charge on any atom is 0.290 e. The van der Waals surface area contributed by atoms with E-state index in [9.17, 15) is 9.59 Å². The average Bonchev–Trinajstić information content (AvgIpc) is 3.10. The fourth-order valence-electron chi connectivity index (χ4n) is 4.62. The summed E-state index contributed by atoms with van der Waals surface area (Å²) in [5.74, 6) is 1.47. The highest BCUT2D eigenvalue weighted by atomic mass is 16.5. The number of aryl methyl sites for hydroxylation is 2. The van der Waals surface area contributed by atoms with Crippen molar-refractivity contribution >= 4 is 16.9 Å². The Kier molecular flexibility index (Phi) is 7.17. The molecule has 1 aliphatic heterocycles. The predicted molar refractivity (Wildman–Crippen MR) is 135 cm³/mol. The summed E-state index contributed by atoms with van der Waals surface area (Å²) in [6.07, 6.45) is 0.924. The molecule has 35 heavy (non-hydrogen) atoms. The predicted octanol–water partition coefficient (Wildman–Crippen LogP) is 5.03. The third-order valence-corrected chi connectivity index (χ3v) is 6.39. The number of rotatable bonds is 9. The molecule has 2 heterocycles. The molecule has 0 fully saturated rings. The van der Waals surface area contributed by atoms with Crippen molar-refractivity contribution < 1.29 is 23.4 Å². The maximum atomic E-state index is 13.8. The van der Waals surface area contributed by atoms with Gasteiger partial charge in [-0.1, -0.05) is 26.0 Å². The van der Waals surface area contributed by atoms with Crippen LogP contribution < -0.4 is 14.9 Å². The van der Waals surface area contributed by atoms with E-state index in [1.807, 2.05) is 44.2 Å². The number of hydrogen-bond acceptors (Lipinski definition) is 6. The summed E-state index contributed by atoms with van der Waals surface area (Å²) >= 11 is 0. The zero-order valence-corrected chi connectivity index (χ0v) is 21.3. The molecule has 0 radical (unpaired) electrons. The van der Waals surface area contributed by atoms with Gasteiger partial charge in [0.2, 0.25) is 5.76 Å². The topological polar surface area (TPSA) is 78.2 Å². The molecule has 0 aliphatic carbocycles. The molecular formula is C28H33NO6. The van der Waals surface area contributed by atoms with Crippen LogP contribution in [0.1, 0.15) is 59.1 Å². The highest BCUT2D eigenvalue weighted by Crippen LogP contribution is 2.41. The van der Waals surface area contributed by atoms with Gasteiger partial charge < -0.3 is 23.5 Å². The van der Waals surface area contributed by atoms with E-state index in [4.69, 9.17) is 18.6 Å². The normalized spacial score (nSPS) is 15.2. The second-order valence-electron chi connectivity index (χ2n) is 9.47. The largest absolute Gasteiger partial charge is 0.493 e. The molecule has 1 unspecified atom stereocenters. The lowest BCUT2D eigenvalue weighted by Crippen LogP contribution is -2.32. The van der Waals surface area contributed by atoms with Crippen molar-refractivity contribution in [3.05, 3.63) is 68.6 Å². The van der Waals surface area contributed by atoms with Crippen molar-refractivity contribution in [2.45, 2.75) is 40.2 Å². The van der Waals surface area contributed by atoms with Crippen molar-refractivity contribution in [1.82, 2.24) is 4.90 Å². The molecule has 7 nitrogen and oxygen atoms in total. The van der Waals surface area contributed by atoms with Gasteiger partial charge >= 0.3 is 0 Å². The summed E-state index contributed by atoms with van der Waals surface area (Å²) in [4.78, 5) is 28.9. The first-order valence-electron chi connectivity index (χ1n) is 11.9. The van der Waals surface area contributed by atoms with Crippen molar-refractivity contribution in [3.63, 3.8) is 0 Å². The number of hydrogen-bond donors (Lipinski definition) is 0. The fraction of sp³-hybridized carbons (Fsp3) is 0.429. The van der Waals surface area contributed by atoms with Crippen LogP contribution in [-0.4, -0.2) is 44.8 Å². The number of benzene rings is 2. The second kappa shape index (κ2) is 10.1. The van der Waals surface area contributed by atoms with Crippen LogP contribution in [0.5, 0.6) is 11.5 Å². The molecule has 0 saturated carbocycles. The summed E-state index contributed by atoms with van der Waals surface area (Å²) in [5, 5.41) is 0.480. The van der Waals surface area contributed by atoms with E-state index < -0.39 is 6.04 Å². The van der Waals surface area contributed by atoms with Gasteiger partial charge in [0.05, 0.1) is 37.3 Å². The van der Waals surface area contributed by atoms with Crippen molar-refractivity contribution in [2.24, 2.45) is 5.92 Å². The fourth-order valence-corrected chi connectivity index (χ4v) is 4.62. The molecule has 1 atom stereocenters. The van der Waals surface area contributed by atoms with Gasteiger partial charge in [-0.2, -0.15) is 0 Å². The Hall–Kier alpha value is -3.32. The Bertz CT molecular complexity index is 1310. The molecule has 1 amide bonds. The first-order valence-corrected chi connectivity index (χ1v) is 11.9. The zero-order valence-electron chi connectivity index (χ0n) is 21.3. The Morgan fingerprint density at radius 2 is 1.80 bits per heavy atom. The summed E-state index contributed by atoms with van der Waals surface area (Å²) in [5.41, 5.74) is 3.14. The Morgan fingerprint density at radius 3 is 2.49 bits per heavy atom. The van der Waals surface area contributed by atoms with Gasteiger partial charge in [-0.25, -0.2) is 0 Å². The Morgan fingerprint density at radius 1 is 1.03 bits per heavy atom. The van der Waals surface area contributed by atoms with E-state index in [0.717, 1.165) is 23.1 Å². The van der Waals surface area contributed by atoms with Crippen molar-refractivity contribution in [3.8, 4) is 11.5 Å². The minimum Gasteiger partial charge on any atom is -0.493 e. The lowest BCUT2D eigenvalue weighted by molar-refractivity contribution is 0.0663. The van der Waals surface area contributed by atoms with E-state index >= 15 is 0 Å². The SMILES string of the molecule is COCCN1C(=O)c2oc3c(C)cc(C)cc3c(=O)c2C1c1ccc(OCCC(C)C)c(OC)c1. The van der Waals surface area contributed by atoms with Crippen LogP contribution in [0.2, 0.25) is 0 Å². The summed E-state index contributed by atoms with van der Waals surface area (Å²) in [7, 11) is 3.16. The minimum atomic E-state index is -0.618. The number of ether oxygens (including phenoxy) is 3. The highest BCUT2D eigenvalue weighted by molar-refractivity contribution is 5.99. The van der Waals surface area contributed by atoms with Crippen molar-refractivity contribution in [2.75, 3.05) is 34.0 Å². The minimum absolute atomic E-state index is 0.0896. The standard InChI is InChI=1S/C28H33NO6/c1-16(2)9-11-34-21-8-7-19(15-22(21)33-6)24-23-25(30)20-14-17(3)13-18(4)26(20)35-27(23)28(31)29(24)10-12-32-5/h7-8,13-16,24H,9-12H2,1-6H3. The Balaban J connectivity index is 1.85. The molecule has 1 aromatic heterocycles. The number of carbonyl (C=O) groups is 1. The molecule has 0 bridgehead atoms. The van der Waals surface area contributed by atoms with E-state index in [1.54, 1.807) is 19.1 Å². The van der Waals surface area contributed by atoms with Crippen LogP contribution in [0.15, 0.2) is 39.5 Å². The molecule has 3 aromatic rings. The molecular weight excluding hydrogens is 446 g/mol. The van der Waals surface area contributed by atoms with Crippen LogP contribution in [0.4, 0.5) is 0 Å². The lowest BCUT2D eigenvalue weighted by Gasteiger charge is -2.25. The molecule has 0 spiro atoms. The van der Waals surface area contributed by atoms with Gasteiger partial charge in [0.15, 0.2) is 16.9 Å². The highest BCUT2D eigenvalue weighted by Gasteiger charge is 2.43. The first kappa shape index (κ1) is 24.8. The number of carbonyl (C=O) groups excluding carboxylic acids is 1. The molecule has 2 aromatic carbocycles. The second-order valence-corrected chi connectivity index (χ2v) is 9.47. The lowest BCUT2D eigenvalue weighted by atomic mass is 9.97. The summed E-state index contributed by atoms with van der Waals surface area (Å²) in [6.45, 7) is 9.33. The monoisotopic (exact) mass is 479 g/mol. The smallest absolute Gasteiger partial charge is 0.290 e. The number of methoxy groups -OCH3 is 2. The molecule has 0 saturated heterocycles. The maximum absolute atomic E-state index is 13.8. The van der Waals surface area contributed by atoms with Gasteiger partial charge in [-0.15, -0.1) is 0 Å². The van der Waals surface area contributed by atoms with E-state index in [1.165, 1.54) is 0 Å². The molecule has 1 aliphatic rings. The summed E-state index contributed by atoms with van der Waals surface area (Å²) < 4.78 is 22.9. The quantitative estimate of drug-likeness (QED) is 0.428. The first-order chi connectivity index (χ1) is 16.8.